The fourth-order valence-corrected chi connectivity index (χ4v) is 3.24. The largest absolute Gasteiger partial charge is 0.454 e. The number of carbonyl (C=O) groups is 1. The van der Waals surface area contributed by atoms with Crippen LogP contribution in [0.3, 0.4) is 0 Å². The van der Waals surface area contributed by atoms with Crippen molar-refractivity contribution in [2.24, 2.45) is 0 Å². The summed E-state index contributed by atoms with van der Waals surface area (Å²) in [5.74, 6) is -0.761. The van der Waals surface area contributed by atoms with E-state index >= 15 is 0 Å². The number of carbonyl (C=O) groups excluding carboxylic acids is 1. The number of hydrogen-bond acceptors (Lipinski definition) is 8. The summed E-state index contributed by atoms with van der Waals surface area (Å²) in [6.45, 7) is 1.36. The van der Waals surface area contributed by atoms with Gasteiger partial charge in [-0.3, -0.25) is 0 Å². The van der Waals surface area contributed by atoms with Crippen molar-refractivity contribution in [1.82, 2.24) is 24.7 Å². The smallest absolute Gasteiger partial charge is 0.343 e. The topological polar surface area (TPSA) is 121 Å². The maximum absolute atomic E-state index is 13.2. The Hall–Kier alpha value is -4.05. The lowest BCUT2D eigenvalue weighted by Gasteiger charge is -2.08. The molecule has 0 aliphatic heterocycles. The average molecular weight is 454 g/mol. The number of nitrogens with one attached hydrogen (secondary N) is 1. The molecule has 4 rings (SSSR count). The summed E-state index contributed by atoms with van der Waals surface area (Å²) < 4.78 is 19.9. The second-order valence-electron chi connectivity index (χ2n) is 6.64. The molecular weight excluding hydrogens is 437 g/mol. The van der Waals surface area contributed by atoms with Crippen molar-refractivity contribution in [3.8, 4) is 5.69 Å². The number of halogens is 2. The molecule has 0 bridgehead atoms. The molecule has 9 nitrogen and oxygen atoms in total. The van der Waals surface area contributed by atoms with E-state index in [2.05, 4.69) is 25.4 Å². The van der Waals surface area contributed by atoms with E-state index in [-0.39, 0.29) is 35.0 Å². The first-order valence-corrected chi connectivity index (χ1v) is 9.79. The summed E-state index contributed by atoms with van der Waals surface area (Å²) in [5, 5.41) is 7.30. The first-order valence-electron chi connectivity index (χ1n) is 9.41. The van der Waals surface area contributed by atoms with Crippen molar-refractivity contribution in [3.63, 3.8) is 0 Å². The van der Waals surface area contributed by atoms with Gasteiger partial charge in [0.05, 0.1) is 11.4 Å². The Kier molecular flexibility index (Phi) is 5.95. The number of esters is 1. The molecule has 3 N–H and O–H groups in total. The van der Waals surface area contributed by atoms with Crippen LogP contribution in [0.4, 0.5) is 22.0 Å². The normalized spacial score (nSPS) is 10.7. The summed E-state index contributed by atoms with van der Waals surface area (Å²) in [6.07, 6.45) is 0. The molecular formula is C21H17ClFN7O2. The van der Waals surface area contributed by atoms with Crippen LogP contribution in [0.1, 0.15) is 21.9 Å². The standard InChI is InChI=1S/C21H17ClFN7O2/c1-12-17(18(22)30(29-12)15-9-7-13(23)8-10-15)19(31)32-11-16-26-20(24)28-21(27-16)25-14-5-3-2-4-6-14/h2-10H,11H2,1H3,(H3,24,25,26,27,28). The van der Waals surface area contributed by atoms with Crippen LogP contribution >= 0.6 is 11.6 Å². The van der Waals surface area contributed by atoms with E-state index in [9.17, 15) is 9.18 Å². The number of anilines is 3. The van der Waals surface area contributed by atoms with Crippen LogP contribution < -0.4 is 11.1 Å². The summed E-state index contributed by atoms with van der Waals surface area (Å²) in [6, 6.07) is 14.8. The molecule has 0 saturated heterocycles. The predicted octanol–water partition coefficient (Wildman–Crippen LogP) is 3.84. The third kappa shape index (κ3) is 4.65. The second kappa shape index (κ2) is 8.98. The van der Waals surface area contributed by atoms with Crippen molar-refractivity contribution in [2.75, 3.05) is 11.1 Å². The monoisotopic (exact) mass is 453 g/mol. The lowest BCUT2D eigenvalue weighted by molar-refractivity contribution is 0.0461. The van der Waals surface area contributed by atoms with Gasteiger partial charge in [0.1, 0.15) is 16.5 Å². The molecule has 0 atom stereocenters. The Balaban J connectivity index is 1.50. The van der Waals surface area contributed by atoms with Crippen molar-refractivity contribution < 1.29 is 13.9 Å². The number of aryl methyl sites for hydroxylation is 1. The predicted molar refractivity (Wildman–Crippen MR) is 116 cm³/mol. The fraction of sp³-hybridized carbons (Fsp3) is 0.0952. The maximum atomic E-state index is 13.2. The number of nitrogens with zero attached hydrogens (tertiary/aromatic N) is 5. The number of para-hydroxylation sites is 1. The van der Waals surface area contributed by atoms with Crippen LogP contribution in [0.5, 0.6) is 0 Å². The van der Waals surface area contributed by atoms with E-state index in [4.69, 9.17) is 22.1 Å². The molecule has 4 aromatic rings. The number of benzene rings is 2. The Morgan fingerprint density at radius 2 is 1.84 bits per heavy atom. The van der Waals surface area contributed by atoms with E-state index in [1.807, 2.05) is 30.3 Å². The molecule has 11 heteroatoms. The van der Waals surface area contributed by atoms with Crippen molar-refractivity contribution in [3.05, 3.63) is 82.6 Å². The first-order chi connectivity index (χ1) is 15.4. The fourth-order valence-electron chi connectivity index (χ4n) is 2.90. The van der Waals surface area contributed by atoms with Gasteiger partial charge < -0.3 is 15.8 Å². The third-order valence-corrected chi connectivity index (χ3v) is 4.69. The highest BCUT2D eigenvalue weighted by Gasteiger charge is 2.23. The number of rotatable bonds is 6. The van der Waals surface area contributed by atoms with E-state index < -0.39 is 11.8 Å². The Morgan fingerprint density at radius 3 is 2.56 bits per heavy atom. The quantitative estimate of drug-likeness (QED) is 0.422. The van der Waals surface area contributed by atoms with Crippen LogP contribution in [0.2, 0.25) is 5.15 Å². The Bertz CT molecular complexity index is 1260. The number of aromatic nitrogens is 5. The van der Waals surface area contributed by atoms with Gasteiger partial charge in [-0.2, -0.15) is 20.1 Å². The van der Waals surface area contributed by atoms with Crippen LogP contribution in [-0.4, -0.2) is 30.7 Å². The van der Waals surface area contributed by atoms with Gasteiger partial charge in [0.25, 0.3) is 0 Å². The van der Waals surface area contributed by atoms with Crippen molar-refractivity contribution >= 4 is 35.2 Å². The minimum Gasteiger partial charge on any atom is -0.454 e. The second-order valence-corrected chi connectivity index (χ2v) is 7.00. The molecule has 0 aliphatic rings. The van der Waals surface area contributed by atoms with Crippen molar-refractivity contribution in [1.29, 1.82) is 0 Å². The van der Waals surface area contributed by atoms with Crippen molar-refractivity contribution in [2.45, 2.75) is 13.5 Å². The van der Waals surface area contributed by atoms with Gasteiger partial charge >= 0.3 is 5.97 Å². The number of nitrogen functional groups attached to an aromatic ring is 1. The van der Waals surface area contributed by atoms with Crippen LogP contribution in [-0.2, 0) is 11.3 Å². The zero-order chi connectivity index (χ0) is 22.7. The molecule has 162 valence electrons. The molecule has 0 amide bonds. The van der Waals surface area contributed by atoms with E-state index in [1.165, 1.54) is 28.9 Å². The van der Waals surface area contributed by atoms with Gasteiger partial charge in [0.2, 0.25) is 11.9 Å². The van der Waals surface area contributed by atoms with Gasteiger partial charge in [0, 0.05) is 5.69 Å². The zero-order valence-corrected chi connectivity index (χ0v) is 17.5. The highest BCUT2D eigenvalue weighted by atomic mass is 35.5. The van der Waals surface area contributed by atoms with Gasteiger partial charge in [-0.15, -0.1) is 0 Å². The SMILES string of the molecule is Cc1nn(-c2ccc(F)cc2)c(Cl)c1C(=O)OCc1nc(N)nc(Nc2ccccc2)n1. The molecule has 2 heterocycles. The summed E-state index contributed by atoms with van der Waals surface area (Å²) >= 11 is 6.36. The van der Waals surface area contributed by atoms with Gasteiger partial charge in [-0.1, -0.05) is 29.8 Å². The van der Waals surface area contributed by atoms with Gasteiger partial charge in [-0.25, -0.2) is 13.9 Å². The van der Waals surface area contributed by atoms with E-state index in [1.54, 1.807) is 6.92 Å². The number of nitrogens with two attached hydrogens (primary N) is 1. The summed E-state index contributed by atoms with van der Waals surface area (Å²) in [4.78, 5) is 24.9. The van der Waals surface area contributed by atoms with Gasteiger partial charge in [-0.05, 0) is 43.3 Å². The summed E-state index contributed by atoms with van der Waals surface area (Å²) in [5.41, 5.74) is 7.45. The van der Waals surface area contributed by atoms with Crippen LogP contribution in [0.15, 0.2) is 54.6 Å². The molecule has 0 fully saturated rings. The highest BCUT2D eigenvalue weighted by Crippen LogP contribution is 2.25. The third-order valence-electron chi connectivity index (χ3n) is 4.34. The molecule has 0 radical (unpaired) electrons. The molecule has 0 unspecified atom stereocenters. The van der Waals surface area contributed by atoms with E-state index in [0.29, 0.717) is 11.4 Å². The molecule has 2 aromatic carbocycles. The number of hydrogen-bond donors (Lipinski definition) is 2. The highest BCUT2D eigenvalue weighted by molar-refractivity contribution is 6.33. The Morgan fingerprint density at radius 1 is 1.12 bits per heavy atom. The molecule has 0 saturated carbocycles. The Labute approximate surface area is 187 Å². The lowest BCUT2D eigenvalue weighted by Crippen LogP contribution is -2.12. The molecule has 32 heavy (non-hydrogen) atoms. The first kappa shape index (κ1) is 21.2. The number of ether oxygens (including phenoxy) is 1. The zero-order valence-electron chi connectivity index (χ0n) is 16.8. The van der Waals surface area contributed by atoms with Crippen LogP contribution in [0.25, 0.3) is 5.69 Å². The molecule has 2 aromatic heterocycles. The molecule has 0 spiro atoms. The van der Waals surface area contributed by atoms with Gasteiger partial charge in [0.15, 0.2) is 12.4 Å². The average Bonchev–Trinajstić information content (AvgIpc) is 3.07. The van der Waals surface area contributed by atoms with Crippen LogP contribution in [0, 0.1) is 12.7 Å². The van der Waals surface area contributed by atoms with E-state index in [0.717, 1.165) is 5.69 Å². The minimum absolute atomic E-state index is 0.0252. The molecule has 0 aliphatic carbocycles. The maximum Gasteiger partial charge on any atom is 0.343 e. The summed E-state index contributed by atoms with van der Waals surface area (Å²) in [7, 11) is 0. The lowest BCUT2D eigenvalue weighted by atomic mass is 10.2. The minimum atomic E-state index is -0.711.